The van der Waals surface area contributed by atoms with Crippen LogP contribution in [0.2, 0.25) is 0 Å². The number of ether oxygens (including phenoxy) is 1. The molecule has 1 unspecified atom stereocenters. The molecule has 0 fully saturated rings. The molecule has 2 rings (SSSR count). The molecule has 0 radical (unpaired) electrons. The Morgan fingerprint density at radius 1 is 1.15 bits per heavy atom. The van der Waals surface area contributed by atoms with Crippen LogP contribution in [0, 0.1) is 0 Å². The Labute approximate surface area is 129 Å². The van der Waals surface area contributed by atoms with Gasteiger partial charge in [0.2, 0.25) is 0 Å². The lowest BCUT2D eigenvalue weighted by atomic mass is 10.0. The van der Waals surface area contributed by atoms with Crippen molar-refractivity contribution in [1.29, 1.82) is 0 Å². The Balaban J connectivity index is 2.22. The number of halogens is 1. The van der Waals surface area contributed by atoms with Gasteiger partial charge in [-0.15, -0.1) is 0 Å². The van der Waals surface area contributed by atoms with Crippen molar-refractivity contribution in [2.24, 2.45) is 0 Å². The van der Waals surface area contributed by atoms with Crippen molar-refractivity contribution in [2.45, 2.75) is 26.0 Å². The molecule has 2 nitrogen and oxygen atoms in total. The molecule has 2 aromatic carbocycles. The summed E-state index contributed by atoms with van der Waals surface area (Å²) in [6, 6.07) is 17.0. The van der Waals surface area contributed by atoms with Crippen LogP contribution in [0.25, 0.3) is 0 Å². The Morgan fingerprint density at radius 3 is 2.65 bits per heavy atom. The van der Waals surface area contributed by atoms with Crippen molar-refractivity contribution in [1.82, 2.24) is 0 Å². The molecule has 0 aromatic heterocycles. The molecule has 0 spiro atoms. The van der Waals surface area contributed by atoms with Crippen molar-refractivity contribution in [3.05, 3.63) is 64.1 Å². The van der Waals surface area contributed by atoms with E-state index in [4.69, 9.17) is 4.74 Å². The Hall–Kier alpha value is -1.32. The van der Waals surface area contributed by atoms with Crippen molar-refractivity contribution >= 4 is 21.6 Å². The molecule has 1 N–H and O–H groups in total. The number of methoxy groups -OCH3 is 1. The summed E-state index contributed by atoms with van der Waals surface area (Å²) in [5, 5.41) is 3.62. The van der Waals surface area contributed by atoms with Crippen LogP contribution in [0.5, 0.6) is 0 Å². The highest BCUT2D eigenvalue weighted by atomic mass is 79.9. The second-order valence-electron chi connectivity index (χ2n) is 4.75. The molecule has 20 heavy (non-hydrogen) atoms. The fourth-order valence-corrected chi connectivity index (χ4v) is 2.69. The summed E-state index contributed by atoms with van der Waals surface area (Å²) in [5.41, 5.74) is 3.61. The maximum Gasteiger partial charge on any atom is 0.0733 e. The van der Waals surface area contributed by atoms with Crippen molar-refractivity contribution in [2.75, 3.05) is 12.4 Å². The fourth-order valence-electron chi connectivity index (χ4n) is 2.27. The lowest BCUT2D eigenvalue weighted by molar-refractivity contribution is 0.185. The fraction of sp³-hybridized carbons (Fsp3) is 0.294. The standard InChI is InChI=1S/C17H20BrNO/c1-3-16(13-8-6-9-15(18)11-13)19-17-10-5-4-7-14(17)12-20-2/h4-11,16,19H,3,12H2,1-2H3. The predicted molar refractivity (Wildman–Crippen MR) is 88.0 cm³/mol. The molecular formula is C17H20BrNO. The highest BCUT2D eigenvalue weighted by Crippen LogP contribution is 2.27. The van der Waals surface area contributed by atoms with Crippen molar-refractivity contribution < 1.29 is 4.74 Å². The first-order valence-corrected chi connectivity index (χ1v) is 7.62. The molecule has 0 aliphatic heterocycles. The maximum atomic E-state index is 5.26. The van der Waals surface area contributed by atoms with Gasteiger partial charge in [-0.05, 0) is 30.2 Å². The maximum absolute atomic E-state index is 5.26. The largest absolute Gasteiger partial charge is 0.380 e. The Bertz CT molecular complexity index is 556. The van der Waals surface area contributed by atoms with E-state index in [-0.39, 0.29) is 0 Å². The SMILES string of the molecule is CCC(Nc1ccccc1COC)c1cccc(Br)c1. The van der Waals surface area contributed by atoms with Crippen LogP contribution < -0.4 is 5.32 Å². The third-order valence-corrected chi connectivity index (χ3v) is 3.80. The van der Waals surface area contributed by atoms with Gasteiger partial charge in [0.25, 0.3) is 0 Å². The number of hydrogen-bond donors (Lipinski definition) is 1. The summed E-state index contributed by atoms with van der Waals surface area (Å²) < 4.78 is 6.37. The summed E-state index contributed by atoms with van der Waals surface area (Å²) >= 11 is 3.54. The minimum atomic E-state index is 0.297. The van der Waals surface area contributed by atoms with Crippen LogP contribution in [0.1, 0.15) is 30.5 Å². The third-order valence-electron chi connectivity index (χ3n) is 3.31. The number of hydrogen-bond acceptors (Lipinski definition) is 2. The minimum absolute atomic E-state index is 0.297. The smallest absolute Gasteiger partial charge is 0.0733 e. The quantitative estimate of drug-likeness (QED) is 0.788. The highest BCUT2D eigenvalue weighted by molar-refractivity contribution is 9.10. The van der Waals surface area contributed by atoms with E-state index in [1.165, 1.54) is 11.1 Å². The van der Waals surface area contributed by atoms with Crippen LogP contribution in [0.3, 0.4) is 0 Å². The van der Waals surface area contributed by atoms with Gasteiger partial charge < -0.3 is 10.1 Å². The molecule has 1 atom stereocenters. The number of benzene rings is 2. The van der Waals surface area contributed by atoms with Gasteiger partial charge in [-0.25, -0.2) is 0 Å². The highest BCUT2D eigenvalue weighted by Gasteiger charge is 2.11. The molecule has 0 amide bonds. The van der Waals surface area contributed by atoms with E-state index in [0.717, 1.165) is 16.6 Å². The van der Waals surface area contributed by atoms with Crippen LogP contribution in [-0.2, 0) is 11.3 Å². The predicted octanol–water partition coefficient (Wildman–Crippen LogP) is 5.16. The molecule has 0 bridgehead atoms. The Morgan fingerprint density at radius 2 is 1.95 bits per heavy atom. The number of para-hydroxylation sites is 1. The van der Waals surface area contributed by atoms with Gasteiger partial charge in [0.05, 0.1) is 12.6 Å². The van der Waals surface area contributed by atoms with Crippen LogP contribution in [0.4, 0.5) is 5.69 Å². The average Bonchev–Trinajstić information content (AvgIpc) is 2.46. The Kier molecular flexibility index (Phi) is 5.62. The molecular weight excluding hydrogens is 314 g/mol. The second-order valence-corrected chi connectivity index (χ2v) is 5.67. The van der Waals surface area contributed by atoms with E-state index < -0.39 is 0 Å². The summed E-state index contributed by atoms with van der Waals surface area (Å²) in [6.07, 6.45) is 1.03. The van der Waals surface area contributed by atoms with E-state index in [9.17, 15) is 0 Å². The molecule has 0 saturated heterocycles. The van der Waals surface area contributed by atoms with E-state index in [1.807, 2.05) is 6.07 Å². The van der Waals surface area contributed by atoms with Crippen molar-refractivity contribution in [3.63, 3.8) is 0 Å². The lowest BCUT2D eigenvalue weighted by Gasteiger charge is -2.21. The molecule has 2 aromatic rings. The van der Waals surface area contributed by atoms with Crippen LogP contribution in [0.15, 0.2) is 53.0 Å². The van der Waals surface area contributed by atoms with Gasteiger partial charge in [-0.3, -0.25) is 0 Å². The summed E-state index contributed by atoms with van der Waals surface area (Å²) in [5.74, 6) is 0. The second kappa shape index (κ2) is 7.46. The average molecular weight is 334 g/mol. The lowest BCUT2D eigenvalue weighted by Crippen LogP contribution is -2.11. The number of nitrogens with one attached hydrogen (secondary N) is 1. The van der Waals surface area contributed by atoms with Gasteiger partial charge >= 0.3 is 0 Å². The zero-order chi connectivity index (χ0) is 14.4. The monoisotopic (exact) mass is 333 g/mol. The number of anilines is 1. The third kappa shape index (κ3) is 3.84. The van der Waals surface area contributed by atoms with Crippen LogP contribution in [-0.4, -0.2) is 7.11 Å². The van der Waals surface area contributed by atoms with Gasteiger partial charge in [0.1, 0.15) is 0 Å². The molecule has 0 aliphatic carbocycles. The van der Waals surface area contributed by atoms with E-state index >= 15 is 0 Å². The summed E-state index contributed by atoms with van der Waals surface area (Å²) in [7, 11) is 1.72. The zero-order valence-electron chi connectivity index (χ0n) is 11.9. The molecule has 3 heteroatoms. The van der Waals surface area contributed by atoms with E-state index in [0.29, 0.717) is 12.6 Å². The molecule has 106 valence electrons. The minimum Gasteiger partial charge on any atom is -0.380 e. The first-order valence-electron chi connectivity index (χ1n) is 6.83. The van der Waals surface area contributed by atoms with Gasteiger partial charge in [-0.1, -0.05) is 53.2 Å². The van der Waals surface area contributed by atoms with E-state index in [2.05, 4.69) is 70.6 Å². The first-order chi connectivity index (χ1) is 9.74. The van der Waals surface area contributed by atoms with Gasteiger partial charge in [0.15, 0.2) is 0 Å². The van der Waals surface area contributed by atoms with E-state index in [1.54, 1.807) is 7.11 Å². The molecule has 0 saturated carbocycles. The number of rotatable bonds is 6. The summed E-state index contributed by atoms with van der Waals surface area (Å²) in [4.78, 5) is 0. The van der Waals surface area contributed by atoms with Gasteiger partial charge in [-0.2, -0.15) is 0 Å². The molecule has 0 aliphatic rings. The topological polar surface area (TPSA) is 21.3 Å². The summed E-state index contributed by atoms with van der Waals surface area (Å²) in [6.45, 7) is 2.82. The molecule has 0 heterocycles. The van der Waals surface area contributed by atoms with Crippen molar-refractivity contribution in [3.8, 4) is 0 Å². The van der Waals surface area contributed by atoms with Gasteiger partial charge in [0, 0.05) is 22.8 Å². The normalized spacial score (nSPS) is 12.2. The van der Waals surface area contributed by atoms with Crippen LogP contribution >= 0.6 is 15.9 Å². The first kappa shape index (κ1) is 15.1. The zero-order valence-corrected chi connectivity index (χ0v) is 13.5.